The Labute approximate surface area is 94.9 Å². The number of anilines is 1. The number of nitrogens with zero attached hydrogens (tertiary/aromatic N) is 1. The number of para-hydroxylation sites is 1. The van der Waals surface area contributed by atoms with E-state index in [0.29, 0.717) is 23.6 Å². The summed E-state index contributed by atoms with van der Waals surface area (Å²) in [7, 11) is 0. The van der Waals surface area contributed by atoms with Gasteiger partial charge in [0.25, 0.3) is 0 Å². The minimum Gasteiger partial charge on any atom is -0.393 e. The SMILES string of the molecule is CCN(CCC(N)=S)c1ccccc1F. The van der Waals surface area contributed by atoms with Crippen molar-refractivity contribution in [1.82, 2.24) is 0 Å². The first kappa shape index (κ1) is 11.9. The fourth-order valence-electron chi connectivity index (χ4n) is 1.40. The number of rotatable bonds is 5. The predicted molar refractivity (Wildman–Crippen MR) is 65.7 cm³/mol. The van der Waals surface area contributed by atoms with Gasteiger partial charge < -0.3 is 10.6 Å². The first-order valence-electron chi connectivity index (χ1n) is 4.93. The lowest BCUT2D eigenvalue weighted by Gasteiger charge is -2.23. The Morgan fingerprint density at radius 3 is 2.67 bits per heavy atom. The fourth-order valence-corrected chi connectivity index (χ4v) is 1.49. The molecule has 4 heteroatoms. The van der Waals surface area contributed by atoms with Crippen LogP contribution in [-0.2, 0) is 0 Å². The molecule has 0 atom stereocenters. The summed E-state index contributed by atoms with van der Waals surface area (Å²) in [4.78, 5) is 2.39. The molecule has 1 rings (SSSR count). The zero-order valence-corrected chi connectivity index (χ0v) is 9.56. The van der Waals surface area contributed by atoms with Crippen LogP contribution in [0, 0.1) is 5.82 Å². The van der Waals surface area contributed by atoms with Gasteiger partial charge in [0.05, 0.1) is 10.7 Å². The van der Waals surface area contributed by atoms with E-state index in [1.807, 2.05) is 17.9 Å². The maximum Gasteiger partial charge on any atom is 0.146 e. The van der Waals surface area contributed by atoms with E-state index in [1.165, 1.54) is 6.07 Å². The first-order valence-corrected chi connectivity index (χ1v) is 5.33. The summed E-state index contributed by atoms with van der Waals surface area (Å²) in [5.41, 5.74) is 6.03. The van der Waals surface area contributed by atoms with E-state index in [0.717, 1.165) is 6.54 Å². The van der Waals surface area contributed by atoms with Crippen molar-refractivity contribution >= 4 is 22.9 Å². The van der Waals surface area contributed by atoms with Gasteiger partial charge in [-0.2, -0.15) is 0 Å². The van der Waals surface area contributed by atoms with E-state index in [4.69, 9.17) is 18.0 Å². The molecule has 15 heavy (non-hydrogen) atoms. The molecule has 2 N–H and O–H groups in total. The standard InChI is InChI=1S/C11H15FN2S/c1-2-14(8-7-11(13)15)10-6-4-3-5-9(10)12/h3-6H,2,7-8H2,1H3,(H2,13,15). The number of hydrogen-bond acceptors (Lipinski definition) is 2. The lowest BCUT2D eigenvalue weighted by molar-refractivity contribution is 0.619. The average molecular weight is 226 g/mol. The van der Waals surface area contributed by atoms with Crippen LogP contribution >= 0.6 is 12.2 Å². The summed E-state index contributed by atoms with van der Waals surface area (Å²) in [6, 6.07) is 6.72. The van der Waals surface area contributed by atoms with Crippen molar-refractivity contribution in [2.24, 2.45) is 5.73 Å². The molecule has 0 saturated heterocycles. The number of hydrogen-bond donors (Lipinski definition) is 1. The third-order valence-electron chi connectivity index (χ3n) is 2.20. The third kappa shape index (κ3) is 3.47. The topological polar surface area (TPSA) is 29.3 Å². The van der Waals surface area contributed by atoms with Gasteiger partial charge in [-0.15, -0.1) is 0 Å². The van der Waals surface area contributed by atoms with Gasteiger partial charge in [-0.1, -0.05) is 24.4 Å². The van der Waals surface area contributed by atoms with Gasteiger partial charge in [0.15, 0.2) is 0 Å². The Morgan fingerprint density at radius 1 is 1.47 bits per heavy atom. The van der Waals surface area contributed by atoms with Gasteiger partial charge in [0.1, 0.15) is 5.82 Å². The molecule has 1 aromatic carbocycles. The normalized spacial score (nSPS) is 10.0. The maximum absolute atomic E-state index is 13.4. The molecule has 0 aromatic heterocycles. The highest BCUT2D eigenvalue weighted by molar-refractivity contribution is 7.80. The summed E-state index contributed by atoms with van der Waals surface area (Å²) < 4.78 is 13.4. The second-order valence-corrected chi connectivity index (χ2v) is 3.77. The van der Waals surface area contributed by atoms with Crippen molar-refractivity contribution in [3.05, 3.63) is 30.1 Å². The largest absolute Gasteiger partial charge is 0.393 e. The molecule has 0 spiro atoms. The Bertz CT molecular complexity index is 341. The highest BCUT2D eigenvalue weighted by Crippen LogP contribution is 2.18. The van der Waals surface area contributed by atoms with Crippen LogP contribution in [0.1, 0.15) is 13.3 Å². The van der Waals surface area contributed by atoms with Gasteiger partial charge in [0, 0.05) is 19.5 Å². The van der Waals surface area contributed by atoms with E-state index in [2.05, 4.69) is 0 Å². The van der Waals surface area contributed by atoms with Crippen molar-refractivity contribution in [1.29, 1.82) is 0 Å². The lowest BCUT2D eigenvalue weighted by atomic mass is 10.2. The molecule has 1 aromatic rings. The second-order valence-electron chi connectivity index (χ2n) is 3.25. The molecule has 0 aliphatic carbocycles. The third-order valence-corrected chi connectivity index (χ3v) is 2.41. The minimum absolute atomic E-state index is 0.206. The Kier molecular flexibility index (Phi) is 4.49. The molecule has 0 heterocycles. The fraction of sp³-hybridized carbons (Fsp3) is 0.364. The summed E-state index contributed by atoms with van der Waals surface area (Å²) >= 11 is 4.80. The highest BCUT2D eigenvalue weighted by Gasteiger charge is 2.08. The number of halogens is 1. The average Bonchev–Trinajstić information content (AvgIpc) is 2.21. The summed E-state index contributed by atoms with van der Waals surface area (Å²) in [6.07, 6.45) is 0.609. The van der Waals surface area contributed by atoms with E-state index in [1.54, 1.807) is 12.1 Å². The van der Waals surface area contributed by atoms with Gasteiger partial charge in [0.2, 0.25) is 0 Å². The zero-order chi connectivity index (χ0) is 11.3. The molecule has 0 amide bonds. The number of benzene rings is 1. The van der Waals surface area contributed by atoms with E-state index in [9.17, 15) is 4.39 Å². The van der Waals surface area contributed by atoms with Crippen LogP contribution in [0.2, 0.25) is 0 Å². The summed E-state index contributed by atoms with van der Waals surface area (Å²) in [6.45, 7) is 3.38. The van der Waals surface area contributed by atoms with Crippen molar-refractivity contribution < 1.29 is 4.39 Å². The Hall–Kier alpha value is -1.16. The van der Waals surface area contributed by atoms with Crippen molar-refractivity contribution in [2.45, 2.75) is 13.3 Å². The molecule has 0 saturated carbocycles. The quantitative estimate of drug-likeness (QED) is 0.781. The van der Waals surface area contributed by atoms with Crippen LogP contribution in [0.5, 0.6) is 0 Å². The van der Waals surface area contributed by atoms with E-state index < -0.39 is 0 Å². The Balaban J connectivity index is 2.74. The molecule has 0 unspecified atom stereocenters. The minimum atomic E-state index is -0.206. The highest BCUT2D eigenvalue weighted by atomic mass is 32.1. The van der Waals surface area contributed by atoms with E-state index >= 15 is 0 Å². The molecular formula is C11H15FN2S. The second kappa shape index (κ2) is 5.66. The van der Waals surface area contributed by atoms with Crippen LogP contribution < -0.4 is 10.6 Å². The first-order chi connectivity index (χ1) is 7.15. The molecule has 0 fully saturated rings. The molecule has 82 valence electrons. The Morgan fingerprint density at radius 2 is 2.13 bits per heavy atom. The summed E-state index contributed by atoms with van der Waals surface area (Å²) in [5, 5.41) is 0. The maximum atomic E-state index is 13.4. The van der Waals surface area contributed by atoms with Crippen molar-refractivity contribution in [2.75, 3.05) is 18.0 Å². The van der Waals surface area contributed by atoms with Gasteiger partial charge in [-0.25, -0.2) is 4.39 Å². The monoisotopic (exact) mass is 226 g/mol. The number of nitrogens with two attached hydrogens (primary N) is 1. The van der Waals surface area contributed by atoms with Crippen molar-refractivity contribution in [3.63, 3.8) is 0 Å². The predicted octanol–water partition coefficient (Wildman–Crippen LogP) is 2.33. The molecule has 0 radical (unpaired) electrons. The van der Waals surface area contributed by atoms with Gasteiger partial charge in [-0.05, 0) is 19.1 Å². The van der Waals surface area contributed by atoms with E-state index in [-0.39, 0.29) is 5.82 Å². The molecule has 0 aliphatic rings. The molecule has 2 nitrogen and oxygen atoms in total. The van der Waals surface area contributed by atoms with Crippen molar-refractivity contribution in [3.8, 4) is 0 Å². The number of thiocarbonyl (C=S) groups is 1. The van der Waals surface area contributed by atoms with Crippen LogP contribution in [0.15, 0.2) is 24.3 Å². The molecular weight excluding hydrogens is 211 g/mol. The van der Waals surface area contributed by atoms with Crippen LogP contribution in [0.3, 0.4) is 0 Å². The lowest BCUT2D eigenvalue weighted by Crippen LogP contribution is -2.27. The molecule has 0 aliphatic heterocycles. The van der Waals surface area contributed by atoms with Crippen LogP contribution in [0.4, 0.5) is 10.1 Å². The smallest absolute Gasteiger partial charge is 0.146 e. The van der Waals surface area contributed by atoms with Crippen LogP contribution in [0.25, 0.3) is 0 Å². The summed E-state index contributed by atoms with van der Waals surface area (Å²) in [5.74, 6) is -0.206. The van der Waals surface area contributed by atoms with Gasteiger partial charge >= 0.3 is 0 Å². The zero-order valence-electron chi connectivity index (χ0n) is 8.74. The van der Waals surface area contributed by atoms with Gasteiger partial charge in [-0.3, -0.25) is 0 Å². The van der Waals surface area contributed by atoms with Crippen LogP contribution in [-0.4, -0.2) is 18.1 Å². The molecule has 0 bridgehead atoms.